The maximum atomic E-state index is 12.6. The van der Waals surface area contributed by atoms with Gasteiger partial charge in [-0.3, -0.25) is 9.78 Å². The predicted octanol–water partition coefficient (Wildman–Crippen LogP) is 2.53. The second-order valence-corrected chi connectivity index (χ2v) is 5.00. The van der Waals surface area contributed by atoms with Crippen LogP contribution in [-0.2, 0) is 0 Å². The van der Waals surface area contributed by atoms with Crippen LogP contribution in [0.5, 0.6) is 0 Å². The second kappa shape index (κ2) is 8.16. The van der Waals surface area contributed by atoms with Gasteiger partial charge in [0.2, 0.25) is 0 Å². The molecule has 0 unspecified atom stereocenters. The monoisotopic (exact) mass is 274 g/mol. The van der Waals surface area contributed by atoms with Gasteiger partial charge < -0.3 is 10.2 Å². The van der Waals surface area contributed by atoms with E-state index in [9.17, 15) is 4.79 Å². The zero-order valence-electron chi connectivity index (χ0n) is 12.4. The van der Waals surface area contributed by atoms with E-state index < -0.39 is 0 Å². The van der Waals surface area contributed by atoms with Crippen molar-refractivity contribution < 1.29 is 4.79 Å². The number of hydrogen-bond acceptors (Lipinski definition) is 4. The SMILES string of the molecule is CCNc1cnccc1C(=O)N(CCC#N)CC(C)C. The Bertz CT molecular complexity index is 479. The summed E-state index contributed by atoms with van der Waals surface area (Å²) in [6, 6.07) is 3.82. The van der Waals surface area contributed by atoms with Crippen LogP contribution in [0.4, 0.5) is 5.69 Å². The highest BCUT2D eigenvalue weighted by atomic mass is 16.2. The molecule has 0 aliphatic heterocycles. The Hall–Kier alpha value is -2.09. The molecule has 5 heteroatoms. The van der Waals surface area contributed by atoms with Crippen LogP contribution in [0.25, 0.3) is 0 Å². The highest BCUT2D eigenvalue weighted by Crippen LogP contribution is 2.17. The molecule has 0 saturated heterocycles. The van der Waals surface area contributed by atoms with E-state index in [1.807, 2.05) is 6.92 Å². The van der Waals surface area contributed by atoms with Gasteiger partial charge in [0.25, 0.3) is 5.91 Å². The van der Waals surface area contributed by atoms with Crippen LogP contribution in [0, 0.1) is 17.2 Å². The number of aromatic nitrogens is 1. The molecule has 0 radical (unpaired) electrons. The third kappa shape index (κ3) is 4.54. The summed E-state index contributed by atoms with van der Waals surface area (Å²) in [4.78, 5) is 18.4. The summed E-state index contributed by atoms with van der Waals surface area (Å²) in [6.45, 7) is 7.93. The van der Waals surface area contributed by atoms with Gasteiger partial charge in [-0.2, -0.15) is 5.26 Å². The van der Waals surface area contributed by atoms with E-state index in [4.69, 9.17) is 5.26 Å². The first kappa shape index (κ1) is 16.0. The maximum Gasteiger partial charge on any atom is 0.256 e. The average molecular weight is 274 g/mol. The van der Waals surface area contributed by atoms with Gasteiger partial charge in [-0.1, -0.05) is 13.8 Å². The molecule has 1 heterocycles. The van der Waals surface area contributed by atoms with E-state index in [0.29, 0.717) is 31.0 Å². The molecule has 1 aromatic heterocycles. The molecule has 1 amide bonds. The topological polar surface area (TPSA) is 69.0 Å². The summed E-state index contributed by atoms with van der Waals surface area (Å²) < 4.78 is 0. The number of carbonyl (C=O) groups excluding carboxylic acids is 1. The fourth-order valence-corrected chi connectivity index (χ4v) is 1.98. The Morgan fingerprint density at radius 2 is 2.30 bits per heavy atom. The molecule has 0 fully saturated rings. The molecule has 1 N–H and O–H groups in total. The van der Waals surface area contributed by atoms with E-state index in [1.54, 1.807) is 23.4 Å². The van der Waals surface area contributed by atoms with Crippen molar-refractivity contribution in [2.24, 2.45) is 5.92 Å². The molecule has 0 bridgehead atoms. The van der Waals surface area contributed by atoms with Gasteiger partial charge in [0, 0.05) is 25.8 Å². The minimum absolute atomic E-state index is 0.0488. The summed E-state index contributed by atoms with van der Waals surface area (Å²) in [5, 5.41) is 11.9. The molecule has 0 saturated carbocycles. The molecular formula is C15H22N4O. The molecule has 0 aliphatic carbocycles. The molecule has 20 heavy (non-hydrogen) atoms. The minimum atomic E-state index is -0.0488. The number of nitrogens with one attached hydrogen (secondary N) is 1. The van der Waals surface area contributed by atoms with Crippen LogP contribution in [0.1, 0.15) is 37.6 Å². The van der Waals surface area contributed by atoms with Crippen molar-refractivity contribution in [1.29, 1.82) is 5.26 Å². The Kier molecular flexibility index (Phi) is 6.51. The van der Waals surface area contributed by atoms with Crippen molar-refractivity contribution in [3.8, 4) is 6.07 Å². The lowest BCUT2D eigenvalue weighted by Gasteiger charge is -2.24. The Labute approximate surface area is 120 Å². The fourth-order valence-electron chi connectivity index (χ4n) is 1.98. The smallest absolute Gasteiger partial charge is 0.256 e. The highest BCUT2D eigenvalue weighted by molar-refractivity contribution is 5.99. The van der Waals surface area contributed by atoms with Gasteiger partial charge >= 0.3 is 0 Å². The van der Waals surface area contributed by atoms with Gasteiger partial charge in [0.15, 0.2) is 0 Å². The van der Waals surface area contributed by atoms with Gasteiger partial charge in [0.1, 0.15) is 0 Å². The van der Waals surface area contributed by atoms with Gasteiger partial charge in [-0.05, 0) is 18.9 Å². The zero-order valence-corrected chi connectivity index (χ0v) is 12.4. The summed E-state index contributed by atoms with van der Waals surface area (Å²) >= 11 is 0. The van der Waals surface area contributed by atoms with Crippen LogP contribution in [0.2, 0.25) is 0 Å². The van der Waals surface area contributed by atoms with Crippen molar-refractivity contribution in [1.82, 2.24) is 9.88 Å². The van der Waals surface area contributed by atoms with Gasteiger partial charge in [-0.15, -0.1) is 0 Å². The molecule has 0 atom stereocenters. The number of nitriles is 1. The third-order valence-corrected chi connectivity index (χ3v) is 2.78. The van der Waals surface area contributed by atoms with Gasteiger partial charge in [0.05, 0.1) is 29.9 Å². The van der Waals surface area contributed by atoms with E-state index in [0.717, 1.165) is 12.2 Å². The maximum absolute atomic E-state index is 12.6. The summed E-state index contributed by atoms with van der Waals surface area (Å²) in [7, 11) is 0. The number of carbonyl (C=O) groups is 1. The molecule has 1 aromatic rings. The molecule has 0 aromatic carbocycles. The summed E-state index contributed by atoms with van der Waals surface area (Å²) in [5.74, 6) is 0.314. The number of anilines is 1. The van der Waals surface area contributed by atoms with Crippen LogP contribution in [0.3, 0.4) is 0 Å². The molecule has 108 valence electrons. The van der Waals surface area contributed by atoms with Crippen LogP contribution >= 0.6 is 0 Å². The van der Waals surface area contributed by atoms with Crippen LogP contribution in [-0.4, -0.2) is 35.4 Å². The van der Waals surface area contributed by atoms with E-state index in [-0.39, 0.29) is 5.91 Å². The number of amides is 1. The minimum Gasteiger partial charge on any atom is -0.383 e. The van der Waals surface area contributed by atoms with Crippen molar-refractivity contribution >= 4 is 11.6 Å². The fraction of sp³-hybridized carbons (Fsp3) is 0.533. The Morgan fingerprint density at radius 3 is 2.90 bits per heavy atom. The van der Waals surface area contributed by atoms with E-state index in [2.05, 4.69) is 30.2 Å². The number of nitrogens with zero attached hydrogens (tertiary/aromatic N) is 3. The first-order valence-electron chi connectivity index (χ1n) is 6.94. The predicted molar refractivity (Wildman–Crippen MR) is 79.4 cm³/mol. The number of hydrogen-bond donors (Lipinski definition) is 1. The standard InChI is InChI=1S/C15H22N4O/c1-4-18-14-10-17-8-6-13(14)15(20)19(9-5-7-16)11-12(2)3/h6,8,10,12,18H,4-5,9,11H2,1-3H3. The Morgan fingerprint density at radius 1 is 1.55 bits per heavy atom. The van der Waals surface area contributed by atoms with Crippen molar-refractivity contribution in [2.45, 2.75) is 27.2 Å². The van der Waals surface area contributed by atoms with Crippen molar-refractivity contribution in [3.05, 3.63) is 24.0 Å². The van der Waals surface area contributed by atoms with E-state index in [1.165, 1.54) is 0 Å². The largest absolute Gasteiger partial charge is 0.383 e. The molecule has 5 nitrogen and oxygen atoms in total. The van der Waals surface area contributed by atoms with Gasteiger partial charge in [-0.25, -0.2) is 0 Å². The molecule has 1 rings (SSSR count). The van der Waals surface area contributed by atoms with Crippen molar-refractivity contribution in [3.63, 3.8) is 0 Å². The number of rotatable bonds is 7. The van der Waals surface area contributed by atoms with Crippen molar-refractivity contribution in [2.75, 3.05) is 25.0 Å². The summed E-state index contributed by atoms with van der Waals surface area (Å²) in [6.07, 6.45) is 3.63. The highest BCUT2D eigenvalue weighted by Gasteiger charge is 2.19. The normalized spacial score (nSPS) is 10.2. The summed E-state index contributed by atoms with van der Waals surface area (Å²) in [5.41, 5.74) is 1.35. The first-order chi connectivity index (χ1) is 9.60. The lowest BCUT2D eigenvalue weighted by molar-refractivity contribution is 0.0741. The van der Waals surface area contributed by atoms with Crippen LogP contribution in [0.15, 0.2) is 18.5 Å². The molecule has 0 spiro atoms. The lowest BCUT2D eigenvalue weighted by atomic mass is 10.1. The zero-order chi connectivity index (χ0) is 15.0. The Balaban J connectivity index is 2.96. The molecule has 0 aliphatic rings. The van der Waals surface area contributed by atoms with E-state index >= 15 is 0 Å². The lowest BCUT2D eigenvalue weighted by Crippen LogP contribution is -2.35. The number of pyridine rings is 1. The first-order valence-corrected chi connectivity index (χ1v) is 6.94. The average Bonchev–Trinajstić information content (AvgIpc) is 2.43. The second-order valence-electron chi connectivity index (χ2n) is 5.00. The van der Waals surface area contributed by atoms with Crippen LogP contribution < -0.4 is 5.32 Å². The third-order valence-electron chi connectivity index (χ3n) is 2.78. The molecular weight excluding hydrogens is 252 g/mol. The quantitative estimate of drug-likeness (QED) is 0.829.